The molecule has 9 heteroatoms. The van der Waals surface area contributed by atoms with Gasteiger partial charge in [0.15, 0.2) is 0 Å². The van der Waals surface area contributed by atoms with Gasteiger partial charge >= 0.3 is 13.1 Å². The SMILES string of the molecule is CC1(C)OB(c2ccc(CC(NC(=O)c3c(F)cccc3F)C(=O)O)c3ccccc23)OC1(C)C. The highest BCUT2D eigenvalue weighted by Gasteiger charge is 2.52. The molecule has 6 nitrogen and oxygen atoms in total. The Morgan fingerprint density at radius 2 is 1.49 bits per heavy atom. The first kappa shape index (κ1) is 24.8. The number of carboxylic acid groups (broad SMARTS) is 1. The van der Waals surface area contributed by atoms with Crippen LogP contribution in [0, 0.1) is 11.6 Å². The van der Waals surface area contributed by atoms with Crippen LogP contribution in [0.2, 0.25) is 0 Å². The van der Waals surface area contributed by atoms with Crippen molar-refractivity contribution in [2.75, 3.05) is 0 Å². The highest BCUT2D eigenvalue weighted by atomic mass is 19.1. The zero-order valence-electron chi connectivity index (χ0n) is 19.9. The van der Waals surface area contributed by atoms with Crippen molar-refractivity contribution in [2.24, 2.45) is 0 Å². The number of carbonyl (C=O) groups excluding carboxylic acids is 1. The van der Waals surface area contributed by atoms with E-state index < -0.39 is 53.4 Å². The van der Waals surface area contributed by atoms with E-state index in [9.17, 15) is 23.5 Å². The number of nitrogens with one attached hydrogen (secondary N) is 1. The number of aliphatic carboxylic acids is 1. The Hall–Kier alpha value is -3.30. The predicted octanol–water partition coefficient (Wildman–Crippen LogP) is 3.84. The smallest absolute Gasteiger partial charge is 0.480 e. The number of rotatable bonds is 6. The molecule has 1 fully saturated rings. The van der Waals surface area contributed by atoms with E-state index in [-0.39, 0.29) is 6.42 Å². The monoisotopic (exact) mass is 481 g/mol. The van der Waals surface area contributed by atoms with E-state index in [4.69, 9.17) is 9.31 Å². The van der Waals surface area contributed by atoms with Crippen LogP contribution in [0.5, 0.6) is 0 Å². The van der Waals surface area contributed by atoms with Gasteiger partial charge in [-0.2, -0.15) is 0 Å². The van der Waals surface area contributed by atoms with Crippen LogP contribution in [-0.4, -0.2) is 41.3 Å². The van der Waals surface area contributed by atoms with Crippen LogP contribution in [0.1, 0.15) is 43.6 Å². The van der Waals surface area contributed by atoms with Gasteiger partial charge in [0.2, 0.25) is 0 Å². The third-order valence-corrected chi connectivity index (χ3v) is 6.77. The third kappa shape index (κ3) is 4.66. The number of hydrogen-bond donors (Lipinski definition) is 2. The number of benzene rings is 3. The Bertz CT molecular complexity index is 1270. The fourth-order valence-electron chi connectivity index (χ4n) is 4.10. The van der Waals surface area contributed by atoms with Gasteiger partial charge in [-0.05, 0) is 61.6 Å². The number of amides is 1. The lowest BCUT2D eigenvalue weighted by Crippen LogP contribution is -2.43. The Morgan fingerprint density at radius 3 is 2.06 bits per heavy atom. The minimum atomic E-state index is -1.41. The van der Waals surface area contributed by atoms with Crippen molar-refractivity contribution in [1.29, 1.82) is 0 Å². The lowest BCUT2D eigenvalue weighted by atomic mass is 9.75. The minimum Gasteiger partial charge on any atom is -0.480 e. The van der Waals surface area contributed by atoms with Gasteiger partial charge < -0.3 is 19.7 Å². The number of carboxylic acids is 1. The summed E-state index contributed by atoms with van der Waals surface area (Å²) in [5, 5.41) is 13.6. The van der Waals surface area contributed by atoms with Crippen LogP contribution in [0.4, 0.5) is 8.78 Å². The molecule has 1 amide bonds. The first-order valence-corrected chi connectivity index (χ1v) is 11.2. The van der Waals surface area contributed by atoms with Crippen LogP contribution in [0.25, 0.3) is 10.8 Å². The fourth-order valence-corrected chi connectivity index (χ4v) is 4.10. The molecule has 0 radical (unpaired) electrons. The summed E-state index contributed by atoms with van der Waals surface area (Å²) in [7, 11) is -0.613. The fraction of sp³-hybridized carbons (Fsp3) is 0.308. The summed E-state index contributed by atoms with van der Waals surface area (Å²) in [5.74, 6) is -4.59. The van der Waals surface area contributed by atoms with Gasteiger partial charge in [-0.1, -0.05) is 42.5 Å². The third-order valence-electron chi connectivity index (χ3n) is 6.77. The molecular weight excluding hydrogens is 455 g/mol. The molecule has 1 unspecified atom stereocenters. The summed E-state index contributed by atoms with van der Waals surface area (Å²) in [4.78, 5) is 24.5. The molecular formula is C26H26BF2NO5. The van der Waals surface area contributed by atoms with Gasteiger partial charge in [0.25, 0.3) is 5.91 Å². The molecule has 3 aromatic carbocycles. The van der Waals surface area contributed by atoms with Gasteiger partial charge in [-0.15, -0.1) is 0 Å². The van der Waals surface area contributed by atoms with Crippen LogP contribution >= 0.6 is 0 Å². The van der Waals surface area contributed by atoms with Gasteiger partial charge in [-0.25, -0.2) is 13.6 Å². The quantitative estimate of drug-likeness (QED) is 0.523. The van der Waals surface area contributed by atoms with Crippen LogP contribution < -0.4 is 10.8 Å². The number of carbonyl (C=O) groups is 2. The van der Waals surface area contributed by atoms with Crippen molar-refractivity contribution >= 4 is 35.2 Å². The molecule has 1 heterocycles. The Labute approximate surface area is 202 Å². The second-order valence-corrected chi connectivity index (χ2v) is 9.61. The molecule has 1 atom stereocenters. The zero-order valence-corrected chi connectivity index (χ0v) is 19.9. The summed E-state index contributed by atoms with van der Waals surface area (Å²) in [6.07, 6.45) is -0.0959. The van der Waals surface area contributed by atoms with Crippen LogP contribution in [0.3, 0.4) is 0 Å². The second-order valence-electron chi connectivity index (χ2n) is 9.61. The lowest BCUT2D eigenvalue weighted by Gasteiger charge is -2.32. The van der Waals surface area contributed by atoms with Crippen molar-refractivity contribution in [2.45, 2.75) is 51.4 Å². The second kappa shape index (κ2) is 9.05. The molecule has 0 bridgehead atoms. The normalized spacial score (nSPS) is 17.4. The first-order valence-electron chi connectivity index (χ1n) is 11.2. The molecule has 0 aliphatic carbocycles. The Balaban J connectivity index is 1.65. The van der Waals surface area contributed by atoms with E-state index >= 15 is 0 Å². The van der Waals surface area contributed by atoms with Gasteiger partial charge in [0.1, 0.15) is 23.2 Å². The van der Waals surface area contributed by atoms with Gasteiger partial charge in [0.05, 0.1) is 11.2 Å². The highest BCUT2D eigenvalue weighted by molar-refractivity contribution is 6.65. The maximum atomic E-state index is 14.0. The summed E-state index contributed by atoms with van der Waals surface area (Å²) in [6.45, 7) is 7.84. The maximum absolute atomic E-state index is 14.0. The minimum absolute atomic E-state index is 0.0959. The molecule has 1 saturated heterocycles. The number of halogens is 2. The number of hydrogen-bond acceptors (Lipinski definition) is 4. The van der Waals surface area contributed by atoms with Crippen molar-refractivity contribution in [1.82, 2.24) is 5.32 Å². The largest absolute Gasteiger partial charge is 0.495 e. The van der Waals surface area contributed by atoms with Crippen molar-refractivity contribution in [3.8, 4) is 0 Å². The average molecular weight is 481 g/mol. The summed E-state index contributed by atoms with van der Waals surface area (Å²) in [6, 6.07) is 12.6. The Kier molecular flexibility index (Phi) is 6.42. The molecule has 1 aliphatic rings. The highest BCUT2D eigenvalue weighted by Crippen LogP contribution is 2.37. The van der Waals surface area contributed by atoms with Gasteiger partial charge in [0, 0.05) is 6.42 Å². The van der Waals surface area contributed by atoms with Crippen LogP contribution in [-0.2, 0) is 20.5 Å². The first-order chi connectivity index (χ1) is 16.4. The van der Waals surface area contributed by atoms with Crippen molar-refractivity contribution in [3.05, 3.63) is 77.4 Å². The average Bonchev–Trinajstić information content (AvgIpc) is 2.99. The zero-order chi connectivity index (χ0) is 25.5. The summed E-state index contributed by atoms with van der Waals surface area (Å²) in [5.41, 5.74) is -0.439. The van der Waals surface area contributed by atoms with E-state index in [0.29, 0.717) is 5.56 Å². The van der Waals surface area contributed by atoms with E-state index in [1.54, 1.807) is 6.07 Å². The molecule has 0 saturated carbocycles. The molecule has 0 spiro atoms. The molecule has 35 heavy (non-hydrogen) atoms. The van der Waals surface area contributed by atoms with E-state index in [1.807, 2.05) is 58.0 Å². The standard InChI is InChI=1S/C26H26BF2NO5/c1-25(2)26(3,4)35-27(34-25)18-13-12-15(16-8-5-6-9-17(16)18)14-21(24(32)33)30-23(31)22-19(28)10-7-11-20(22)29/h5-13,21H,14H2,1-4H3,(H,30,31)(H,32,33). The van der Waals surface area contributed by atoms with Gasteiger partial charge in [-0.3, -0.25) is 4.79 Å². The van der Waals surface area contributed by atoms with Crippen LogP contribution in [0.15, 0.2) is 54.6 Å². The van der Waals surface area contributed by atoms with Crippen molar-refractivity contribution in [3.63, 3.8) is 0 Å². The molecule has 182 valence electrons. The molecule has 2 N–H and O–H groups in total. The van der Waals surface area contributed by atoms with E-state index in [0.717, 1.165) is 34.4 Å². The molecule has 3 aromatic rings. The lowest BCUT2D eigenvalue weighted by molar-refractivity contribution is -0.139. The predicted molar refractivity (Wildman–Crippen MR) is 129 cm³/mol. The Morgan fingerprint density at radius 1 is 0.914 bits per heavy atom. The molecule has 1 aliphatic heterocycles. The summed E-state index contributed by atoms with van der Waals surface area (Å²) < 4.78 is 40.4. The topological polar surface area (TPSA) is 84.9 Å². The van der Waals surface area contributed by atoms with E-state index in [1.165, 1.54) is 0 Å². The van der Waals surface area contributed by atoms with Crippen molar-refractivity contribution < 1.29 is 32.8 Å². The molecule has 0 aromatic heterocycles. The summed E-state index contributed by atoms with van der Waals surface area (Å²) >= 11 is 0. The number of fused-ring (bicyclic) bond motifs is 1. The van der Waals surface area contributed by atoms with E-state index in [2.05, 4.69) is 5.32 Å². The molecule has 4 rings (SSSR count). The maximum Gasteiger partial charge on any atom is 0.495 e.